The molecule has 1 aliphatic carbocycles. The first-order valence-electron chi connectivity index (χ1n) is 13.9. The molecule has 192 valence electrons. The summed E-state index contributed by atoms with van der Waals surface area (Å²) in [5.74, 6) is 1.01. The van der Waals surface area contributed by atoms with Crippen LogP contribution in [0.5, 0.6) is 0 Å². The summed E-state index contributed by atoms with van der Waals surface area (Å²) in [7, 11) is 0. The lowest BCUT2D eigenvalue weighted by atomic mass is 9.63. The summed E-state index contributed by atoms with van der Waals surface area (Å²) in [5.41, 5.74) is 5.87. The van der Waals surface area contributed by atoms with Gasteiger partial charge in [0.05, 0.1) is 36.0 Å². The molecule has 0 radical (unpaired) electrons. The van der Waals surface area contributed by atoms with E-state index in [1.807, 2.05) is 0 Å². The second-order valence-corrected chi connectivity index (χ2v) is 11.5. The Morgan fingerprint density at radius 3 is 2.39 bits per heavy atom. The Morgan fingerprint density at radius 1 is 0.889 bits per heavy atom. The third kappa shape index (κ3) is 4.98. The normalized spacial score (nSPS) is 22.6. The Labute approximate surface area is 216 Å². The zero-order chi connectivity index (χ0) is 24.5. The van der Waals surface area contributed by atoms with Gasteiger partial charge in [0.2, 0.25) is 0 Å². The summed E-state index contributed by atoms with van der Waals surface area (Å²) in [6.07, 6.45) is 9.75. The van der Waals surface area contributed by atoms with Gasteiger partial charge >= 0.3 is 0 Å². The molecule has 1 aromatic carbocycles. The molecule has 6 heteroatoms. The number of aliphatic hydroxyl groups excluding tert-OH is 1. The maximum absolute atomic E-state index is 10.8. The molecule has 0 amide bonds. The van der Waals surface area contributed by atoms with Crippen molar-refractivity contribution in [3.63, 3.8) is 0 Å². The summed E-state index contributed by atoms with van der Waals surface area (Å²) in [5, 5.41) is 10.8. The van der Waals surface area contributed by atoms with Gasteiger partial charge in [-0.25, -0.2) is 0 Å². The molecule has 1 atom stereocenters. The van der Waals surface area contributed by atoms with Crippen LogP contribution >= 0.6 is 0 Å². The molecule has 6 rings (SSSR count). The first-order valence-corrected chi connectivity index (χ1v) is 13.9. The van der Waals surface area contributed by atoms with Crippen molar-refractivity contribution in [2.75, 3.05) is 50.7 Å². The monoisotopic (exact) mass is 487 g/mol. The van der Waals surface area contributed by atoms with E-state index in [-0.39, 0.29) is 6.10 Å². The summed E-state index contributed by atoms with van der Waals surface area (Å²) in [6, 6.07) is 13.1. The molecule has 1 spiro atoms. The van der Waals surface area contributed by atoms with E-state index in [0.29, 0.717) is 18.5 Å². The average molecular weight is 488 g/mol. The summed E-state index contributed by atoms with van der Waals surface area (Å²) >= 11 is 0. The van der Waals surface area contributed by atoms with Crippen LogP contribution in [0.4, 0.5) is 5.69 Å². The minimum atomic E-state index is -0.381. The van der Waals surface area contributed by atoms with Crippen molar-refractivity contribution in [2.45, 2.75) is 57.7 Å². The minimum absolute atomic E-state index is 0.381. The van der Waals surface area contributed by atoms with E-state index in [0.717, 1.165) is 50.7 Å². The van der Waals surface area contributed by atoms with E-state index >= 15 is 0 Å². The highest BCUT2D eigenvalue weighted by Crippen LogP contribution is 2.49. The number of hydrogen-bond donors (Lipinski definition) is 1. The van der Waals surface area contributed by atoms with Gasteiger partial charge in [-0.1, -0.05) is 37.3 Å². The van der Waals surface area contributed by atoms with Gasteiger partial charge in [0.25, 0.3) is 0 Å². The molecule has 1 aromatic heterocycles. The predicted octanol–water partition coefficient (Wildman–Crippen LogP) is 3.86. The summed E-state index contributed by atoms with van der Waals surface area (Å²) in [4.78, 5) is 14.2. The zero-order valence-corrected chi connectivity index (χ0v) is 21.6. The lowest BCUT2D eigenvalue weighted by Crippen LogP contribution is -2.43. The van der Waals surface area contributed by atoms with Gasteiger partial charge in [0.1, 0.15) is 0 Å². The molecule has 36 heavy (non-hydrogen) atoms. The maximum Gasteiger partial charge on any atom is 0.0970 e. The Morgan fingerprint density at radius 2 is 1.67 bits per heavy atom. The van der Waals surface area contributed by atoms with Crippen molar-refractivity contribution in [3.05, 3.63) is 71.8 Å². The molecule has 2 aromatic rings. The Hall–Kier alpha value is -2.57. The number of pyridine rings is 1. The number of rotatable bonds is 7. The van der Waals surface area contributed by atoms with Gasteiger partial charge < -0.3 is 19.8 Å². The van der Waals surface area contributed by atoms with Crippen LogP contribution in [0.1, 0.15) is 48.9 Å². The number of hydrogen-bond acceptors (Lipinski definition) is 6. The second-order valence-electron chi connectivity index (χ2n) is 11.5. The summed E-state index contributed by atoms with van der Waals surface area (Å²) < 4.78 is 0. The van der Waals surface area contributed by atoms with Gasteiger partial charge in [0.15, 0.2) is 0 Å². The number of piperidine rings is 1. The number of anilines is 1. The molecule has 0 unspecified atom stereocenters. The lowest BCUT2D eigenvalue weighted by molar-refractivity contribution is 0.0811. The highest BCUT2D eigenvalue weighted by atomic mass is 16.3. The van der Waals surface area contributed by atoms with Crippen molar-refractivity contribution < 1.29 is 5.11 Å². The number of aromatic nitrogens is 1. The van der Waals surface area contributed by atoms with Gasteiger partial charge in [-0.3, -0.25) is 9.88 Å². The van der Waals surface area contributed by atoms with Crippen LogP contribution < -0.4 is 4.90 Å². The van der Waals surface area contributed by atoms with Crippen LogP contribution in [-0.2, 0) is 19.5 Å². The minimum Gasteiger partial charge on any atom is -0.390 e. The van der Waals surface area contributed by atoms with Crippen LogP contribution in [0.15, 0.2) is 55.0 Å². The number of benzene rings is 1. The maximum atomic E-state index is 10.8. The van der Waals surface area contributed by atoms with E-state index < -0.39 is 0 Å². The van der Waals surface area contributed by atoms with E-state index in [4.69, 9.17) is 4.98 Å². The van der Waals surface area contributed by atoms with E-state index in [1.54, 1.807) is 0 Å². The molecule has 0 bridgehead atoms. The Kier molecular flexibility index (Phi) is 6.65. The molecule has 4 heterocycles. The van der Waals surface area contributed by atoms with Gasteiger partial charge in [0, 0.05) is 52.4 Å². The van der Waals surface area contributed by atoms with Crippen molar-refractivity contribution in [3.8, 4) is 0 Å². The van der Waals surface area contributed by atoms with Crippen LogP contribution in [0.25, 0.3) is 0 Å². The molecule has 3 aliphatic heterocycles. The average Bonchev–Trinajstić information content (AvgIpc) is 3.22. The predicted molar refractivity (Wildman–Crippen MR) is 145 cm³/mol. The third-order valence-corrected chi connectivity index (χ3v) is 9.25. The first kappa shape index (κ1) is 23.8. The Balaban J connectivity index is 0.969. The highest BCUT2D eigenvalue weighted by molar-refractivity contribution is 5.45. The van der Waals surface area contributed by atoms with Crippen molar-refractivity contribution in [1.82, 2.24) is 19.7 Å². The second kappa shape index (κ2) is 10.1. The van der Waals surface area contributed by atoms with Gasteiger partial charge in [-0.2, -0.15) is 0 Å². The highest BCUT2D eigenvalue weighted by Gasteiger charge is 2.39. The standard InChI is InChI=1S/C30H41N5O/c1-24-34(21-27-7-8-28(19-31-27)33-15-12-30(13-16-33)10-4-11-30)17-18-35(24)23-29(36)22-32-14-9-25-5-2-3-6-26(25)20-32/h2-3,5-8,19,29,36H,1,4,9-18,20-23H2/t29-/m1/s1. The van der Waals surface area contributed by atoms with Gasteiger partial charge in [-0.15, -0.1) is 0 Å². The third-order valence-electron chi connectivity index (χ3n) is 9.25. The molecular weight excluding hydrogens is 446 g/mol. The van der Waals surface area contributed by atoms with E-state index in [2.05, 4.69) is 68.8 Å². The Bertz CT molecular complexity index is 1060. The van der Waals surface area contributed by atoms with Gasteiger partial charge in [-0.05, 0) is 60.8 Å². The molecule has 1 saturated carbocycles. The SMILES string of the molecule is C=C1N(Cc2ccc(N3CCC4(CCC4)CC3)cn2)CCN1C[C@H](O)CN1CCc2ccccc2C1. The smallest absolute Gasteiger partial charge is 0.0970 e. The van der Waals surface area contributed by atoms with Crippen molar-refractivity contribution in [2.24, 2.45) is 5.41 Å². The van der Waals surface area contributed by atoms with Crippen LogP contribution in [-0.4, -0.2) is 76.7 Å². The fraction of sp³-hybridized carbons (Fsp3) is 0.567. The van der Waals surface area contributed by atoms with Crippen molar-refractivity contribution >= 4 is 5.69 Å². The molecule has 3 fully saturated rings. The van der Waals surface area contributed by atoms with Crippen LogP contribution in [0.3, 0.4) is 0 Å². The number of β-amino-alcohol motifs (C(OH)–C–C–N with tert-alkyl or cyclic N) is 1. The van der Waals surface area contributed by atoms with Crippen molar-refractivity contribution in [1.29, 1.82) is 0 Å². The quantitative estimate of drug-likeness (QED) is 0.640. The molecule has 4 aliphatic rings. The number of aliphatic hydroxyl groups is 1. The van der Waals surface area contributed by atoms with Crippen LogP contribution in [0.2, 0.25) is 0 Å². The molecular formula is C30H41N5O. The number of fused-ring (bicyclic) bond motifs is 1. The molecule has 2 saturated heterocycles. The molecule has 6 nitrogen and oxygen atoms in total. The molecule has 1 N–H and O–H groups in total. The lowest BCUT2D eigenvalue weighted by Gasteiger charge is -2.48. The number of nitrogens with zero attached hydrogens (tertiary/aromatic N) is 5. The zero-order valence-electron chi connectivity index (χ0n) is 21.6. The van der Waals surface area contributed by atoms with E-state index in [1.165, 1.54) is 62.0 Å². The van der Waals surface area contributed by atoms with Crippen LogP contribution in [0, 0.1) is 5.41 Å². The summed E-state index contributed by atoms with van der Waals surface area (Å²) in [6.45, 7) is 12.6. The first-order chi connectivity index (χ1) is 17.6. The largest absolute Gasteiger partial charge is 0.390 e. The fourth-order valence-corrected chi connectivity index (χ4v) is 6.70. The topological polar surface area (TPSA) is 46.1 Å². The fourth-order valence-electron chi connectivity index (χ4n) is 6.70. The van der Waals surface area contributed by atoms with E-state index in [9.17, 15) is 5.11 Å².